The molecule has 0 fully saturated rings. The monoisotopic (exact) mass is 301 g/mol. The minimum Gasteiger partial charge on any atom is -0.355 e. The quantitative estimate of drug-likeness (QED) is 0.496. The molecule has 0 aliphatic heterocycles. The summed E-state index contributed by atoms with van der Waals surface area (Å²) in [6.07, 6.45) is 0. The number of aryl methyl sites for hydroxylation is 1. The number of hydrogen-bond acceptors (Lipinski definition) is 5. The molecule has 0 saturated carbocycles. The van der Waals surface area contributed by atoms with Gasteiger partial charge in [-0.25, -0.2) is 0 Å². The van der Waals surface area contributed by atoms with Crippen molar-refractivity contribution >= 4 is 17.3 Å². The molecule has 0 atom stereocenters. The van der Waals surface area contributed by atoms with Crippen LogP contribution in [0.4, 0.5) is 5.69 Å². The van der Waals surface area contributed by atoms with Crippen LogP contribution >= 0.6 is 0 Å². The number of hydrogen-bond donors (Lipinski definition) is 2. The summed E-state index contributed by atoms with van der Waals surface area (Å²) in [4.78, 5) is 37.5. The fourth-order valence-corrected chi connectivity index (χ4v) is 2.38. The Morgan fingerprint density at radius 2 is 2.00 bits per heavy atom. The van der Waals surface area contributed by atoms with Gasteiger partial charge in [-0.2, -0.15) is 0 Å². The first kappa shape index (κ1) is 15.6. The lowest BCUT2D eigenvalue weighted by molar-refractivity contribution is -0.384. The van der Waals surface area contributed by atoms with Gasteiger partial charge < -0.3 is 10.7 Å². The maximum atomic E-state index is 12.6. The average Bonchev–Trinajstić information content (AvgIpc) is 2.80. The number of aromatic amines is 1. The van der Waals surface area contributed by atoms with E-state index < -0.39 is 4.92 Å². The van der Waals surface area contributed by atoms with Crippen LogP contribution in [0.5, 0.6) is 0 Å². The Morgan fingerprint density at radius 3 is 2.59 bits per heavy atom. The van der Waals surface area contributed by atoms with Crippen molar-refractivity contribution in [2.24, 2.45) is 5.73 Å². The van der Waals surface area contributed by atoms with Crippen LogP contribution in [0.3, 0.4) is 0 Å². The van der Waals surface area contributed by atoms with Crippen molar-refractivity contribution in [1.29, 1.82) is 0 Å². The van der Waals surface area contributed by atoms with Crippen LogP contribution in [-0.2, 0) is 0 Å². The Bertz CT molecular complexity index is 777. The SMILES string of the molecule is Cc1[nH]c(C(=O)CN)c(C)c1C(=O)c1cccc([N+](=O)[O-])c1. The zero-order valence-corrected chi connectivity index (χ0v) is 12.2. The lowest BCUT2D eigenvalue weighted by Crippen LogP contribution is -2.15. The number of nitrogens with one attached hydrogen (secondary N) is 1. The Morgan fingerprint density at radius 1 is 1.32 bits per heavy atom. The first-order valence-electron chi connectivity index (χ1n) is 6.58. The average molecular weight is 301 g/mol. The van der Waals surface area contributed by atoms with Crippen LogP contribution in [0.1, 0.15) is 37.7 Å². The number of benzene rings is 1. The first-order valence-corrected chi connectivity index (χ1v) is 6.58. The van der Waals surface area contributed by atoms with Gasteiger partial charge in [0.05, 0.1) is 17.2 Å². The number of nitro groups is 1. The number of aromatic nitrogens is 1. The normalized spacial score (nSPS) is 10.5. The molecule has 0 spiro atoms. The summed E-state index contributed by atoms with van der Waals surface area (Å²) >= 11 is 0. The van der Waals surface area contributed by atoms with Gasteiger partial charge in [0, 0.05) is 29.0 Å². The van der Waals surface area contributed by atoms with Crippen LogP contribution < -0.4 is 5.73 Å². The highest BCUT2D eigenvalue weighted by Crippen LogP contribution is 2.23. The van der Waals surface area contributed by atoms with Crippen LogP contribution in [0.25, 0.3) is 0 Å². The summed E-state index contributed by atoms with van der Waals surface area (Å²) in [5.41, 5.74) is 7.07. The molecule has 1 aromatic heterocycles. The molecule has 7 heteroatoms. The second kappa shape index (κ2) is 5.90. The maximum Gasteiger partial charge on any atom is 0.270 e. The second-order valence-electron chi connectivity index (χ2n) is 4.89. The predicted octanol–water partition coefficient (Wildman–Crippen LogP) is 1.91. The number of H-pyrrole nitrogens is 1. The lowest BCUT2D eigenvalue weighted by atomic mass is 9.98. The standard InChI is InChI=1S/C15H15N3O4/c1-8-13(9(2)17-14(8)12(19)7-16)15(20)10-4-3-5-11(6-10)18(21)22/h3-6,17H,7,16H2,1-2H3. The zero-order valence-electron chi connectivity index (χ0n) is 12.2. The van der Waals surface area contributed by atoms with Gasteiger partial charge in [0.2, 0.25) is 0 Å². The molecule has 7 nitrogen and oxygen atoms in total. The molecular weight excluding hydrogens is 286 g/mol. The summed E-state index contributed by atoms with van der Waals surface area (Å²) in [5, 5.41) is 10.8. The molecule has 0 unspecified atom stereocenters. The van der Waals surface area contributed by atoms with E-state index in [4.69, 9.17) is 5.73 Å². The van der Waals surface area contributed by atoms with Gasteiger partial charge in [0.1, 0.15) is 0 Å². The molecule has 2 aromatic rings. The van der Waals surface area contributed by atoms with Gasteiger partial charge in [-0.05, 0) is 19.4 Å². The summed E-state index contributed by atoms with van der Waals surface area (Å²) in [6.45, 7) is 3.16. The van der Waals surface area contributed by atoms with Gasteiger partial charge in [-0.15, -0.1) is 0 Å². The van der Waals surface area contributed by atoms with Crippen LogP contribution in [0.15, 0.2) is 24.3 Å². The summed E-state index contributed by atoms with van der Waals surface area (Å²) in [7, 11) is 0. The Kier molecular flexibility index (Phi) is 4.18. The molecule has 2 rings (SSSR count). The Labute approximate surface area is 126 Å². The topological polar surface area (TPSA) is 119 Å². The van der Waals surface area contributed by atoms with Crippen molar-refractivity contribution in [3.8, 4) is 0 Å². The molecule has 3 N–H and O–H groups in total. The van der Waals surface area contributed by atoms with E-state index in [2.05, 4.69) is 4.98 Å². The van der Waals surface area contributed by atoms with Gasteiger partial charge in [-0.3, -0.25) is 19.7 Å². The van der Waals surface area contributed by atoms with E-state index in [1.54, 1.807) is 13.8 Å². The van der Waals surface area contributed by atoms with Gasteiger partial charge in [0.25, 0.3) is 5.69 Å². The van der Waals surface area contributed by atoms with Crippen molar-refractivity contribution in [3.63, 3.8) is 0 Å². The largest absolute Gasteiger partial charge is 0.355 e. The predicted molar refractivity (Wildman–Crippen MR) is 80.2 cm³/mol. The van der Waals surface area contributed by atoms with E-state index in [0.717, 1.165) is 0 Å². The van der Waals surface area contributed by atoms with Crippen molar-refractivity contribution in [1.82, 2.24) is 4.98 Å². The highest BCUT2D eigenvalue weighted by molar-refractivity contribution is 6.13. The summed E-state index contributed by atoms with van der Waals surface area (Å²) < 4.78 is 0. The molecule has 0 radical (unpaired) electrons. The fourth-order valence-electron chi connectivity index (χ4n) is 2.38. The number of Topliss-reactive ketones (excluding diaryl/α,β-unsaturated/α-hetero) is 1. The molecule has 114 valence electrons. The summed E-state index contributed by atoms with van der Waals surface area (Å²) in [5.74, 6) is -0.662. The smallest absolute Gasteiger partial charge is 0.270 e. The molecule has 0 aliphatic carbocycles. The fraction of sp³-hybridized carbons (Fsp3) is 0.200. The first-order chi connectivity index (χ1) is 10.4. The van der Waals surface area contributed by atoms with Crippen molar-refractivity contribution in [3.05, 3.63) is 62.5 Å². The van der Waals surface area contributed by atoms with E-state index in [0.29, 0.717) is 22.5 Å². The number of nitrogens with zero attached hydrogens (tertiary/aromatic N) is 1. The van der Waals surface area contributed by atoms with Gasteiger partial charge in [-0.1, -0.05) is 12.1 Å². The third kappa shape index (κ3) is 2.66. The third-order valence-electron chi connectivity index (χ3n) is 3.45. The van der Waals surface area contributed by atoms with E-state index in [1.165, 1.54) is 24.3 Å². The van der Waals surface area contributed by atoms with Gasteiger partial charge in [0.15, 0.2) is 11.6 Å². The Balaban J connectivity index is 2.50. The molecule has 0 aliphatic rings. The third-order valence-corrected chi connectivity index (χ3v) is 3.45. The van der Waals surface area contributed by atoms with Crippen molar-refractivity contribution in [2.75, 3.05) is 6.54 Å². The molecule has 0 amide bonds. The molecule has 1 heterocycles. The molecular formula is C15H15N3O4. The maximum absolute atomic E-state index is 12.6. The second-order valence-corrected chi connectivity index (χ2v) is 4.89. The molecule has 1 aromatic carbocycles. The van der Waals surface area contributed by atoms with Crippen molar-refractivity contribution < 1.29 is 14.5 Å². The van der Waals surface area contributed by atoms with E-state index in [1.807, 2.05) is 0 Å². The highest BCUT2D eigenvalue weighted by atomic mass is 16.6. The number of non-ortho nitro benzene ring substituents is 1. The number of nitrogens with two attached hydrogens (primary N) is 1. The minimum atomic E-state index is -0.559. The van der Waals surface area contributed by atoms with E-state index >= 15 is 0 Å². The van der Waals surface area contributed by atoms with E-state index in [-0.39, 0.29) is 29.4 Å². The number of carbonyl (C=O) groups excluding carboxylic acids is 2. The Hall–Kier alpha value is -2.80. The number of nitro benzene ring substituents is 1. The highest BCUT2D eigenvalue weighted by Gasteiger charge is 2.23. The summed E-state index contributed by atoms with van der Waals surface area (Å²) in [6, 6.07) is 5.50. The van der Waals surface area contributed by atoms with E-state index in [9.17, 15) is 19.7 Å². The van der Waals surface area contributed by atoms with Gasteiger partial charge >= 0.3 is 0 Å². The minimum absolute atomic E-state index is 0.157. The van der Waals surface area contributed by atoms with Crippen molar-refractivity contribution in [2.45, 2.75) is 13.8 Å². The number of ketones is 2. The number of carbonyl (C=O) groups is 2. The van der Waals surface area contributed by atoms with Crippen LogP contribution in [0, 0.1) is 24.0 Å². The molecule has 0 saturated heterocycles. The molecule has 22 heavy (non-hydrogen) atoms. The molecule has 0 bridgehead atoms. The lowest BCUT2D eigenvalue weighted by Gasteiger charge is -2.03. The van der Waals surface area contributed by atoms with Crippen LogP contribution in [-0.4, -0.2) is 28.0 Å². The van der Waals surface area contributed by atoms with Crippen LogP contribution in [0.2, 0.25) is 0 Å². The zero-order chi connectivity index (χ0) is 16.4. The number of rotatable bonds is 5.